The molecule has 0 fully saturated rings. The smallest absolute Gasteiger partial charge is 0.271 e. The number of carbonyl (C=O) groups is 2. The molecule has 2 amide bonds. The fourth-order valence-corrected chi connectivity index (χ4v) is 3.33. The van der Waals surface area contributed by atoms with Crippen molar-refractivity contribution in [2.75, 3.05) is 7.11 Å². The average Bonchev–Trinajstić information content (AvgIpc) is 3.17. The lowest BCUT2D eigenvalue weighted by Gasteiger charge is -2.07. The largest absolute Gasteiger partial charge is 0.497 e. The summed E-state index contributed by atoms with van der Waals surface area (Å²) in [5, 5.41) is 0.817. The van der Waals surface area contributed by atoms with E-state index in [1.54, 1.807) is 37.6 Å². The molecule has 3 aromatic carbocycles. The monoisotopic (exact) mass is 399 g/mol. The highest BCUT2D eigenvalue weighted by Gasteiger charge is 2.16. The number of hydrazine groups is 1. The van der Waals surface area contributed by atoms with Crippen molar-refractivity contribution < 1.29 is 14.3 Å². The Morgan fingerprint density at radius 1 is 0.833 bits per heavy atom. The van der Waals surface area contributed by atoms with Crippen LogP contribution < -0.4 is 15.6 Å². The fourth-order valence-electron chi connectivity index (χ4n) is 3.33. The minimum Gasteiger partial charge on any atom is -0.497 e. The highest BCUT2D eigenvalue weighted by molar-refractivity contribution is 6.08. The summed E-state index contributed by atoms with van der Waals surface area (Å²) in [5.41, 5.74) is 7.97. The maximum atomic E-state index is 12.8. The molecule has 1 aromatic heterocycles. The number of hydrogen-bond acceptors (Lipinski definition) is 3. The van der Waals surface area contributed by atoms with Crippen LogP contribution >= 0.6 is 0 Å². The molecule has 4 aromatic rings. The van der Waals surface area contributed by atoms with E-state index in [4.69, 9.17) is 4.74 Å². The van der Waals surface area contributed by atoms with E-state index in [9.17, 15) is 9.59 Å². The number of fused-ring (bicyclic) bond motifs is 1. The second-order valence-electron chi connectivity index (χ2n) is 6.81. The number of hydrogen-bond donors (Lipinski definition) is 2. The summed E-state index contributed by atoms with van der Waals surface area (Å²) in [4.78, 5) is 25.0. The van der Waals surface area contributed by atoms with Crippen LogP contribution in [0.15, 0.2) is 85.1 Å². The first kappa shape index (κ1) is 19.3. The van der Waals surface area contributed by atoms with Crippen molar-refractivity contribution >= 4 is 22.7 Å². The molecule has 4 rings (SSSR count). The number of benzene rings is 3. The van der Waals surface area contributed by atoms with Gasteiger partial charge >= 0.3 is 0 Å². The number of rotatable bonds is 5. The van der Waals surface area contributed by atoms with E-state index in [0.717, 1.165) is 22.2 Å². The topological polar surface area (TPSA) is 72.4 Å². The van der Waals surface area contributed by atoms with Crippen molar-refractivity contribution in [3.8, 4) is 5.75 Å². The van der Waals surface area contributed by atoms with E-state index in [-0.39, 0.29) is 11.8 Å². The highest BCUT2D eigenvalue weighted by Crippen LogP contribution is 2.23. The Labute approximate surface area is 174 Å². The standard InChI is InChI=1S/C24H21N3O3/c1-30-19-13-11-17(12-14-19)15-27-16-21(20-9-5-6-10-22(20)27)24(29)26-25-23(28)18-7-3-2-4-8-18/h2-14,16H,15H2,1H3,(H,25,28)(H,26,29). The van der Waals surface area contributed by atoms with E-state index in [1.807, 2.05) is 59.2 Å². The zero-order valence-corrected chi connectivity index (χ0v) is 16.5. The Balaban J connectivity index is 1.55. The first-order valence-corrected chi connectivity index (χ1v) is 9.52. The normalized spacial score (nSPS) is 10.6. The van der Waals surface area contributed by atoms with Gasteiger partial charge in [0.15, 0.2) is 0 Å². The summed E-state index contributed by atoms with van der Waals surface area (Å²) in [5.74, 6) is 0.0558. The summed E-state index contributed by atoms with van der Waals surface area (Å²) in [6, 6.07) is 24.2. The maximum Gasteiger partial charge on any atom is 0.271 e. The Hall–Kier alpha value is -4.06. The molecule has 0 aliphatic carbocycles. The molecule has 30 heavy (non-hydrogen) atoms. The van der Waals surface area contributed by atoms with E-state index in [1.165, 1.54) is 0 Å². The van der Waals surface area contributed by atoms with Crippen LogP contribution in [0.4, 0.5) is 0 Å². The van der Waals surface area contributed by atoms with E-state index < -0.39 is 0 Å². The minimum absolute atomic E-state index is 0.370. The number of nitrogens with zero attached hydrogens (tertiary/aromatic N) is 1. The van der Waals surface area contributed by atoms with Gasteiger partial charge in [0.1, 0.15) is 5.75 Å². The van der Waals surface area contributed by atoms with E-state index in [2.05, 4.69) is 10.9 Å². The van der Waals surface area contributed by atoms with Gasteiger partial charge < -0.3 is 9.30 Å². The number of methoxy groups -OCH3 is 1. The van der Waals surface area contributed by atoms with Gasteiger partial charge in [-0.1, -0.05) is 48.5 Å². The molecule has 0 radical (unpaired) electrons. The lowest BCUT2D eigenvalue weighted by Crippen LogP contribution is -2.41. The molecule has 0 aliphatic rings. The first-order valence-electron chi connectivity index (χ1n) is 9.52. The fraction of sp³-hybridized carbons (Fsp3) is 0.0833. The quantitative estimate of drug-likeness (QED) is 0.502. The van der Waals surface area contributed by atoms with Crippen molar-refractivity contribution in [1.29, 1.82) is 0 Å². The summed E-state index contributed by atoms with van der Waals surface area (Å²) in [6.45, 7) is 0.605. The maximum absolute atomic E-state index is 12.8. The molecule has 0 unspecified atom stereocenters. The van der Waals surface area contributed by atoms with Crippen LogP contribution in [-0.4, -0.2) is 23.5 Å². The molecule has 6 heteroatoms. The van der Waals surface area contributed by atoms with Gasteiger partial charge in [-0.3, -0.25) is 20.4 Å². The number of ether oxygens (including phenoxy) is 1. The zero-order valence-electron chi connectivity index (χ0n) is 16.5. The van der Waals surface area contributed by atoms with Crippen molar-refractivity contribution in [3.63, 3.8) is 0 Å². The van der Waals surface area contributed by atoms with Gasteiger partial charge in [0.2, 0.25) is 0 Å². The number of nitrogens with one attached hydrogen (secondary N) is 2. The average molecular weight is 399 g/mol. The Kier molecular flexibility index (Phi) is 5.48. The van der Waals surface area contributed by atoms with Gasteiger partial charge in [0, 0.05) is 29.2 Å². The Morgan fingerprint density at radius 3 is 2.23 bits per heavy atom. The third-order valence-corrected chi connectivity index (χ3v) is 4.87. The summed E-state index contributed by atoms with van der Waals surface area (Å²) >= 11 is 0. The lowest BCUT2D eigenvalue weighted by atomic mass is 10.1. The summed E-state index contributed by atoms with van der Waals surface area (Å²) < 4.78 is 7.23. The third kappa shape index (κ3) is 4.03. The molecule has 0 bridgehead atoms. The molecule has 2 N–H and O–H groups in total. The molecule has 0 atom stereocenters. The summed E-state index contributed by atoms with van der Waals surface area (Å²) in [6.07, 6.45) is 1.80. The second-order valence-corrected chi connectivity index (χ2v) is 6.81. The molecule has 0 aliphatic heterocycles. The van der Waals surface area contributed by atoms with Gasteiger partial charge in [-0.15, -0.1) is 0 Å². The van der Waals surface area contributed by atoms with E-state index >= 15 is 0 Å². The van der Waals surface area contributed by atoms with Gasteiger partial charge in [-0.05, 0) is 35.9 Å². The van der Waals surface area contributed by atoms with Gasteiger partial charge in [-0.2, -0.15) is 0 Å². The van der Waals surface area contributed by atoms with Crippen LogP contribution in [-0.2, 0) is 6.54 Å². The van der Waals surface area contributed by atoms with Gasteiger partial charge in [-0.25, -0.2) is 0 Å². The van der Waals surface area contributed by atoms with E-state index in [0.29, 0.717) is 17.7 Å². The molecule has 0 spiro atoms. The van der Waals surface area contributed by atoms with Crippen molar-refractivity contribution in [1.82, 2.24) is 15.4 Å². The molecule has 1 heterocycles. The molecule has 6 nitrogen and oxygen atoms in total. The summed E-state index contributed by atoms with van der Waals surface area (Å²) in [7, 11) is 1.63. The van der Waals surface area contributed by atoms with Crippen LogP contribution in [0.5, 0.6) is 5.75 Å². The SMILES string of the molecule is COc1ccc(Cn2cc(C(=O)NNC(=O)c3ccccc3)c3ccccc32)cc1. The number of amides is 2. The number of para-hydroxylation sites is 1. The van der Waals surface area contributed by atoms with Crippen molar-refractivity contribution in [2.24, 2.45) is 0 Å². The van der Waals surface area contributed by atoms with Crippen molar-refractivity contribution in [2.45, 2.75) is 6.54 Å². The number of carbonyl (C=O) groups excluding carboxylic acids is 2. The predicted octanol–water partition coefficient (Wildman–Crippen LogP) is 3.77. The van der Waals surface area contributed by atoms with Crippen LogP contribution in [0.3, 0.4) is 0 Å². The minimum atomic E-state index is -0.371. The molecule has 0 saturated carbocycles. The molecular weight excluding hydrogens is 378 g/mol. The molecule has 0 saturated heterocycles. The predicted molar refractivity (Wildman–Crippen MR) is 115 cm³/mol. The second kappa shape index (κ2) is 8.53. The highest BCUT2D eigenvalue weighted by atomic mass is 16.5. The Morgan fingerprint density at radius 2 is 1.50 bits per heavy atom. The third-order valence-electron chi connectivity index (χ3n) is 4.87. The molecule has 150 valence electrons. The molecular formula is C24H21N3O3. The number of aromatic nitrogens is 1. The van der Waals surface area contributed by atoms with Crippen LogP contribution in [0, 0.1) is 0 Å². The van der Waals surface area contributed by atoms with Crippen LogP contribution in [0.2, 0.25) is 0 Å². The zero-order chi connectivity index (χ0) is 20.9. The first-order chi connectivity index (χ1) is 14.7. The van der Waals surface area contributed by atoms with Gasteiger partial charge in [0.25, 0.3) is 11.8 Å². The van der Waals surface area contributed by atoms with Gasteiger partial charge in [0.05, 0.1) is 12.7 Å². The van der Waals surface area contributed by atoms with Crippen LogP contribution in [0.1, 0.15) is 26.3 Å². The van der Waals surface area contributed by atoms with Crippen LogP contribution in [0.25, 0.3) is 10.9 Å². The Bertz CT molecular complexity index is 1180. The van der Waals surface area contributed by atoms with Crippen molar-refractivity contribution in [3.05, 3.63) is 102 Å². The lowest BCUT2D eigenvalue weighted by molar-refractivity contribution is 0.0847.